The van der Waals surface area contributed by atoms with Gasteiger partial charge in [-0.2, -0.15) is 0 Å². The molecule has 135 heavy (non-hydrogen) atoms. The Hall–Kier alpha value is -1.80. The van der Waals surface area contributed by atoms with Crippen molar-refractivity contribution in [3.8, 4) is 0 Å². The van der Waals surface area contributed by atoms with Crippen LogP contribution in [0.4, 0.5) is 0 Å². The number of aliphatic hydroxyl groups is 1. The van der Waals surface area contributed by atoms with Gasteiger partial charge in [0, 0.05) is 6.61 Å². The fourth-order valence-electron chi connectivity index (χ4n) is 9.67. The van der Waals surface area contributed by atoms with Crippen molar-refractivity contribution in [3.05, 3.63) is 0 Å². The first-order valence-electron chi connectivity index (χ1n) is 48.4. The second-order valence-electron chi connectivity index (χ2n) is 27.3. The number of hydrogen-bond donors (Lipinski definition) is 1. The van der Waals surface area contributed by atoms with E-state index in [4.69, 9.17) is 214 Å². The van der Waals surface area contributed by atoms with Gasteiger partial charge in [0.25, 0.3) is 0 Å². The van der Waals surface area contributed by atoms with Crippen LogP contribution in [0, 0.1) is 0 Å². The lowest BCUT2D eigenvalue weighted by Crippen LogP contribution is -2.16. The Labute approximate surface area is 805 Å². The predicted molar refractivity (Wildman–Crippen MR) is 489 cm³/mol. The standard InChI is InChI=1S/C90H182O45/c1-2-92-5-6-94-9-10-96-13-14-98-17-18-100-21-22-102-25-26-104-29-30-106-33-34-108-37-38-110-41-42-112-45-46-114-49-50-116-53-54-118-57-58-120-61-62-122-65-66-124-69-70-126-73-74-128-77-78-130-81-82-132-85-86-134-89-90-135-88-87-133-84-83-131-80-79-129-76-75-127-72-71-125-68-67-123-64-63-121-60-59-119-56-55-117-52-51-115-48-47-113-44-43-111-40-39-109-36-35-107-32-31-105-28-27-103-24-23-101-20-19-99-16-15-97-12-11-95-8-7-93-4-3-91/h91H,2-90H2,1H3. The third-order valence-electron chi connectivity index (χ3n) is 16.4. The molecular weight excluding hydrogens is 1800 g/mol. The van der Waals surface area contributed by atoms with Gasteiger partial charge < -0.3 is 214 Å². The minimum absolute atomic E-state index is 0.0144. The van der Waals surface area contributed by atoms with E-state index in [1.54, 1.807) is 0 Å². The Balaban J connectivity index is 3.10. The van der Waals surface area contributed by atoms with Crippen molar-refractivity contribution < 1.29 is 214 Å². The third kappa shape index (κ3) is 132. The summed E-state index contributed by atoms with van der Waals surface area (Å²) in [6, 6.07) is 0. The zero-order valence-corrected chi connectivity index (χ0v) is 82.3. The molecule has 0 unspecified atom stereocenters. The maximum Gasteiger partial charge on any atom is 0.0701 e. The van der Waals surface area contributed by atoms with Gasteiger partial charge in [0.1, 0.15) is 0 Å². The average molecular weight is 1980 g/mol. The van der Waals surface area contributed by atoms with Crippen molar-refractivity contribution in [2.75, 3.05) is 588 Å². The number of rotatable bonds is 132. The summed E-state index contributed by atoms with van der Waals surface area (Å²) < 4.78 is 242. The Bertz CT molecular complexity index is 1720. The van der Waals surface area contributed by atoms with Crippen LogP contribution < -0.4 is 0 Å². The third-order valence-corrected chi connectivity index (χ3v) is 16.4. The van der Waals surface area contributed by atoms with Crippen LogP contribution >= 0.6 is 0 Å². The Morgan fingerprint density at radius 2 is 0.119 bits per heavy atom. The topological polar surface area (TPSA) is 426 Å². The molecule has 45 nitrogen and oxygen atoms in total. The van der Waals surface area contributed by atoms with E-state index in [0.29, 0.717) is 581 Å². The van der Waals surface area contributed by atoms with Crippen LogP contribution in [0.5, 0.6) is 0 Å². The second-order valence-corrected chi connectivity index (χ2v) is 27.3. The molecule has 812 valence electrons. The fourth-order valence-corrected chi connectivity index (χ4v) is 9.67. The van der Waals surface area contributed by atoms with E-state index < -0.39 is 0 Å². The molecular formula is C90H182O45. The van der Waals surface area contributed by atoms with E-state index in [1.165, 1.54) is 0 Å². The van der Waals surface area contributed by atoms with Crippen LogP contribution in [0.15, 0.2) is 0 Å². The summed E-state index contributed by atoms with van der Waals surface area (Å²) in [5, 5.41) is 8.63. The molecule has 1 N–H and O–H groups in total. The molecule has 0 atom stereocenters. The van der Waals surface area contributed by atoms with Crippen LogP contribution in [-0.2, 0) is 208 Å². The van der Waals surface area contributed by atoms with Gasteiger partial charge >= 0.3 is 0 Å². The molecule has 0 saturated heterocycles. The quantitative estimate of drug-likeness (QED) is 0.0820. The van der Waals surface area contributed by atoms with Gasteiger partial charge in [-0.05, 0) is 6.92 Å². The van der Waals surface area contributed by atoms with Crippen LogP contribution in [0.3, 0.4) is 0 Å². The normalized spacial score (nSPS) is 11.9. The van der Waals surface area contributed by atoms with Crippen molar-refractivity contribution in [1.29, 1.82) is 0 Å². The number of aliphatic hydroxyl groups excluding tert-OH is 1. The van der Waals surface area contributed by atoms with Crippen LogP contribution in [-0.4, -0.2) is 593 Å². The summed E-state index contributed by atoms with van der Waals surface area (Å²) in [5.41, 5.74) is 0. The van der Waals surface area contributed by atoms with E-state index in [1.807, 2.05) is 6.92 Å². The molecule has 45 heteroatoms. The summed E-state index contributed by atoms with van der Waals surface area (Å²) in [4.78, 5) is 0. The van der Waals surface area contributed by atoms with Gasteiger partial charge in [-0.25, -0.2) is 0 Å². The van der Waals surface area contributed by atoms with E-state index >= 15 is 0 Å². The smallest absolute Gasteiger partial charge is 0.0701 e. The van der Waals surface area contributed by atoms with E-state index in [9.17, 15) is 0 Å². The largest absolute Gasteiger partial charge is 0.394 e. The van der Waals surface area contributed by atoms with Gasteiger partial charge in [-0.15, -0.1) is 0 Å². The highest BCUT2D eigenvalue weighted by atomic mass is 16.7. The highest BCUT2D eigenvalue weighted by Crippen LogP contribution is 1.97. The van der Waals surface area contributed by atoms with Crippen molar-refractivity contribution in [2.24, 2.45) is 0 Å². The van der Waals surface area contributed by atoms with Crippen molar-refractivity contribution >= 4 is 0 Å². The van der Waals surface area contributed by atoms with Gasteiger partial charge in [0.2, 0.25) is 0 Å². The Morgan fingerprint density at radius 3 is 0.163 bits per heavy atom. The van der Waals surface area contributed by atoms with Crippen molar-refractivity contribution in [1.82, 2.24) is 0 Å². The first-order chi connectivity index (χ1) is 67.4. The molecule has 0 aliphatic carbocycles. The number of ether oxygens (including phenoxy) is 44. The minimum atomic E-state index is 0.0144. The predicted octanol–water partition coefficient (Wildman–Crippen LogP) is 0.729. The molecule has 0 spiro atoms. The zero-order valence-electron chi connectivity index (χ0n) is 82.3. The molecule has 0 radical (unpaired) electrons. The van der Waals surface area contributed by atoms with E-state index in [-0.39, 0.29) is 6.61 Å². The van der Waals surface area contributed by atoms with E-state index in [0.717, 1.165) is 0 Å². The van der Waals surface area contributed by atoms with Crippen LogP contribution in [0.1, 0.15) is 6.92 Å². The highest BCUT2D eigenvalue weighted by Gasteiger charge is 2.06. The van der Waals surface area contributed by atoms with Gasteiger partial charge in [0.05, 0.1) is 581 Å². The lowest BCUT2D eigenvalue weighted by atomic mass is 10.6. The molecule has 0 rings (SSSR count). The molecule has 0 saturated carbocycles. The highest BCUT2D eigenvalue weighted by molar-refractivity contribution is 4.49. The van der Waals surface area contributed by atoms with Crippen molar-refractivity contribution in [2.45, 2.75) is 6.92 Å². The number of hydrogen-bond acceptors (Lipinski definition) is 45. The monoisotopic (exact) mass is 1980 g/mol. The Morgan fingerprint density at radius 1 is 0.0741 bits per heavy atom. The lowest BCUT2D eigenvalue weighted by Gasteiger charge is -2.09. The maximum absolute atomic E-state index is 8.63. The van der Waals surface area contributed by atoms with Crippen LogP contribution in [0.2, 0.25) is 0 Å². The summed E-state index contributed by atoms with van der Waals surface area (Å²) in [5.74, 6) is 0. The average Bonchev–Trinajstić information content (AvgIpc) is 1.14. The lowest BCUT2D eigenvalue weighted by molar-refractivity contribution is -0.0329. The second kappa shape index (κ2) is 132. The fraction of sp³-hybridized carbons (Fsp3) is 1.00. The summed E-state index contributed by atoms with van der Waals surface area (Å²) in [6.07, 6.45) is 0. The summed E-state index contributed by atoms with van der Waals surface area (Å²) in [7, 11) is 0. The summed E-state index contributed by atoms with van der Waals surface area (Å²) >= 11 is 0. The molecule has 0 aromatic rings. The SMILES string of the molecule is CCOCCOCCOCCOCCOCCOCCOCCOCCOCCOCCOCCOCCOCCOCCOCCOCCOCCOCCOCCOCCOCCOCCOCCOCCOCCOCCOCCOCCOCCOCCOCCOCCOCCOCCOCCOCCOCCOCCOCCOCCOCCOCCOCCOCCO. The van der Waals surface area contributed by atoms with E-state index in [2.05, 4.69) is 0 Å². The van der Waals surface area contributed by atoms with Crippen LogP contribution in [0.25, 0.3) is 0 Å². The molecule has 0 aliphatic heterocycles. The molecule has 0 aromatic heterocycles. The molecule has 0 fully saturated rings. The minimum Gasteiger partial charge on any atom is -0.394 e. The zero-order chi connectivity index (χ0) is 96.0. The van der Waals surface area contributed by atoms with Gasteiger partial charge in [-0.3, -0.25) is 0 Å². The maximum atomic E-state index is 8.63. The molecule has 0 bridgehead atoms. The molecule has 0 heterocycles. The Kier molecular flexibility index (Phi) is 130. The summed E-state index contributed by atoms with van der Waals surface area (Å²) in [6.45, 7) is 44.6. The first kappa shape index (κ1) is 133. The molecule has 0 amide bonds. The van der Waals surface area contributed by atoms with Gasteiger partial charge in [-0.1, -0.05) is 0 Å². The van der Waals surface area contributed by atoms with Gasteiger partial charge in [0.15, 0.2) is 0 Å². The molecule has 0 aliphatic rings. The molecule has 0 aromatic carbocycles. The van der Waals surface area contributed by atoms with Crippen molar-refractivity contribution in [3.63, 3.8) is 0 Å². The first-order valence-corrected chi connectivity index (χ1v) is 48.4.